The van der Waals surface area contributed by atoms with E-state index < -0.39 is 47.6 Å². The smallest absolute Gasteiger partial charge is 0.759 e. The van der Waals surface area contributed by atoms with Gasteiger partial charge < -0.3 is 40.0 Å². The number of hydrogen-bond acceptors (Lipinski definition) is 10. The standard InChI is InChI=1S/C6H13NO5.Ca.H2O4S/c7-3-5(10)4(9)2(1-8)12-6(3)11;;1-5(2,3)4/h2-6,8-11H,1,7H2;;(H2,1,2,3,4)/q;+2;/p-2/t2-,3-,4-,5-,6?;;/m1../s1. The van der Waals surface area contributed by atoms with Gasteiger partial charge in [0.2, 0.25) is 0 Å². The fourth-order valence-corrected chi connectivity index (χ4v) is 1.12. The molecule has 10 nitrogen and oxygen atoms in total. The molecule has 104 valence electrons. The van der Waals surface area contributed by atoms with Crippen LogP contribution in [-0.4, -0.2) is 113 Å². The van der Waals surface area contributed by atoms with Gasteiger partial charge in [0, 0.05) is 10.4 Å². The largest absolute Gasteiger partial charge is 2.00 e. The second-order valence-electron chi connectivity index (χ2n) is 3.21. The van der Waals surface area contributed by atoms with Crippen molar-refractivity contribution >= 4 is 48.1 Å². The maximum atomic E-state index is 9.20. The van der Waals surface area contributed by atoms with Crippen LogP contribution in [0.3, 0.4) is 0 Å². The van der Waals surface area contributed by atoms with Crippen molar-refractivity contribution in [3.05, 3.63) is 0 Å². The average molecular weight is 315 g/mol. The van der Waals surface area contributed by atoms with Crippen molar-refractivity contribution in [3.63, 3.8) is 0 Å². The summed E-state index contributed by atoms with van der Waals surface area (Å²) in [4.78, 5) is 0. The minimum Gasteiger partial charge on any atom is -0.759 e. The van der Waals surface area contributed by atoms with Crippen LogP contribution in [0, 0.1) is 0 Å². The molecule has 0 saturated carbocycles. The number of hydrogen-bond donors (Lipinski definition) is 5. The Morgan fingerprint density at radius 2 is 1.56 bits per heavy atom. The van der Waals surface area contributed by atoms with Crippen molar-refractivity contribution in [2.45, 2.75) is 30.6 Å². The summed E-state index contributed by atoms with van der Waals surface area (Å²) in [7, 11) is -5.17. The summed E-state index contributed by atoms with van der Waals surface area (Å²) in [5.41, 5.74) is 5.26. The van der Waals surface area contributed by atoms with Crippen LogP contribution in [0.25, 0.3) is 0 Å². The molecule has 12 heteroatoms. The van der Waals surface area contributed by atoms with Gasteiger partial charge in [0.1, 0.15) is 18.3 Å². The van der Waals surface area contributed by atoms with E-state index in [0.29, 0.717) is 0 Å². The van der Waals surface area contributed by atoms with Crippen molar-refractivity contribution in [2.24, 2.45) is 5.73 Å². The Bertz CT molecular complexity index is 312. The molecule has 6 N–H and O–H groups in total. The molecule has 1 heterocycles. The maximum Gasteiger partial charge on any atom is 2.00 e. The molecular weight excluding hydrogens is 302 g/mol. The summed E-state index contributed by atoms with van der Waals surface area (Å²) in [6.45, 7) is -0.470. The second kappa shape index (κ2) is 8.94. The Labute approximate surface area is 133 Å². The zero-order chi connectivity index (χ0) is 13.8. The fraction of sp³-hybridized carbons (Fsp3) is 1.00. The summed E-state index contributed by atoms with van der Waals surface area (Å²) in [6.07, 6.45) is -4.85. The maximum absolute atomic E-state index is 9.20. The zero-order valence-corrected chi connectivity index (χ0v) is 12.1. The van der Waals surface area contributed by atoms with Crippen molar-refractivity contribution in [1.82, 2.24) is 0 Å². The molecule has 0 aromatic carbocycles. The first-order chi connectivity index (χ1) is 7.57. The summed E-state index contributed by atoms with van der Waals surface area (Å²) in [5.74, 6) is 0. The van der Waals surface area contributed by atoms with E-state index in [4.69, 9.17) is 38.2 Å². The van der Waals surface area contributed by atoms with E-state index in [0.717, 1.165) is 0 Å². The molecule has 0 aliphatic carbocycles. The molecule has 1 fully saturated rings. The van der Waals surface area contributed by atoms with Crippen LogP contribution < -0.4 is 5.73 Å². The van der Waals surface area contributed by atoms with Gasteiger partial charge in [-0.3, -0.25) is 8.42 Å². The molecule has 0 aromatic heterocycles. The van der Waals surface area contributed by atoms with E-state index in [1.807, 2.05) is 0 Å². The second-order valence-corrected chi connectivity index (χ2v) is 4.03. The van der Waals surface area contributed by atoms with Crippen LogP contribution in [0.15, 0.2) is 0 Å². The van der Waals surface area contributed by atoms with Crippen molar-refractivity contribution in [3.8, 4) is 0 Å². The van der Waals surface area contributed by atoms with E-state index in [-0.39, 0.29) is 37.7 Å². The number of aliphatic hydroxyl groups excluding tert-OH is 4. The number of ether oxygens (including phenoxy) is 1. The molecule has 1 unspecified atom stereocenters. The Kier molecular flexibility index (Phi) is 10.5. The van der Waals surface area contributed by atoms with Crippen molar-refractivity contribution < 1.29 is 42.7 Å². The third kappa shape index (κ3) is 8.14. The van der Waals surface area contributed by atoms with Crippen LogP contribution in [-0.2, 0) is 15.1 Å². The quantitative estimate of drug-likeness (QED) is 0.177. The number of aliphatic hydroxyl groups is 4. The van der Waals surface area contributed by atoms with Crippen LogP contribution in [0.5, 0.6) is 0 Å². The van der Waals surface area contributed by atoms with Gasteiger partial charge in [0.05, 0.1) is 12.6 Å². The molecular formula is C6H13CaNO9S. The first kappa shape index (κ1) is 21.2. The van der Waals surface area contributed by atoms with Gasteiger partial charge >= 0.3 is 37.7 Å². The number of nitrogens with two attached hydrogens (primary N) is 1. The van der Waals surface area contributed by atoms with Gasteiger partial charge in [0.15, 0.2) is 6.29 Å². The SMILES string of the molecule is N[C@H]1C(O)O[C@H](CO)[C@@H](O)[C@@H]1O.O=S(=O)([O-])[O-].[Ca+2]. The summed E-state index contributed by atoms with van der Waals surface area (Å²) < 4.78 is 38.8. The monoisotopic (exact) mass is 315 g/mol. The molecule has 18 heavy (non-hydrogen) atoms. The summed E-state index contributed by atoms with van der Waals surface area (Å²) in [5, 5.41) is 36.1. The van der Waals surface area contributed by atoms with Gasteiger partial charge in [-0.1, -0.05) is 0 Å². The van der Waals surface area contributed by atoms with Crippen molar-refractivity contribution in [1.29, 1.82) is 0 Å². The first-order valence-corrected chi connectivity index (χ1v) is 5.64. The molecule has 0 aromatic rings. The molecule has 0 spiro atoms. The van der Waals surface area contributed by atoms with E-state index in [1.54, 1.807) is 0 Å². The van der Waals surface area contributed by atoms with Crippen LogP contribution in [0.2, 0.25) is 0 Å². The van der Waals surface area contributed by atoms with Gasteiger partial charge in [-0.15, -0.1) is 0 Å². The Hall–Kier alpha value is 0.890. The first-order valence-electron chi connectivity index (χ1n) is 4.30. The minimum absolute atomic E-state index is 0. The number of rotatable bonds is 1. The molecule has 0 amide bonds. The molecule has 0 bridgehead atoms. The van der Waals surface area contributed by atoms with E-state index in [1.165, 1.54) is 0 Å². The molecule has 1 aliphatic rings. The van der Waals surface area contributed by atoms with Crippen LogP contribution in [0.1, 0.15) is 0 Å². The van der Waals surface area contributed by atoms with E-state index in [9.17, 15) is 10.2 Å². The summed E-state index contributed by atoms with van der Waals surface area (Å²) >= 11 is 0. The van der Waals surface area contributed by atoms with Gasteiger partial charge in [0.25, 0.3) is 0 Å². The fourth-order valence-electron chi connectivity index (χ4n) is 1.12. The molecule has 1 saturated heterocycles. The molecule has 1 aliphatic heterocycles. The topological polar surface area (TPSA) is 196 Å². The Balaban J connectivity index is 0. The zero-order valence-electron chi connectivity index (χ0n) is 9.12. The van der Waals surface area contributed by atoms with Crippen LogP contribution >= 0.6 is 0 Å². The molecule has 1 rings (SSSR count). The van der Waals surface area contributed by atoms with Gasteiger partial charge in [-0.2, -0.15) is 0 Å². The predicted octanol–water partition coefficient (Wildman–Crippen LogP) is -4.97. The molecule has 0 radical (unpaired) electrons. The van der Waals surface area contributed by atoms with Gasteiger partial charge in [-0.25, -0.2) is 0 Å². The van der Waals surface area contributed by atoms with E-state index in [2.05, 4.69) is 0 Å². The third-order valence-electron chi connectivity index (χ3n) is 1.95. The van der Waals surface area contributed by atoms with Crippen LogP contribution in [0.4, 0.5) is 0 Å². The predicted molar refractivity (Wildman–Crippen MR) is 54.2 cm³/mol. The van der Waals surface area contributed by atoms with Crippen molar-refractivity contribution in [2.75, 3.05) is 6.61 Å². The average Bonchev–Trinajstić information content (AvgIpc) is 2.18. The minimum atomic E-state index is -5.17. The molecule has 5 atom stereocenters. The Morgan fingerprint density at radius 3 is 1.89 bits per heavy atom. The normalized spacial score (nSPS) is 36.1. The summed E-state index contributed by atoms with van der Waals surface area (Å²) in [6, 6.07) is -1.04. The third-order valence-corrected chi connectivity index (χ3v) is 1.95. The Morgan fingerprint density at radius 1 is 1.17 bits per heavy atom. The van der Waals surface area contributed by atoms with E-state index >= 15 is 0 Å². The van der Waals surface area contributed by atoms with Gasteiger partial charge in [-0.05, 0) is 0 Å².